The molecule has 0 spiro atoms. The topological polar surface area (TPSA) is 29.1 Å². The third-order valence-corrected chi connectivity index (χ3v) is 7.92. The van der Waals surface area contributed by atoms with Crippen molar-refractivity contribution in [1.29, 1.82) is 0 Å². The van der Waals surface area contributed by atoms with Gasteiger partial charge in [-0.3, -0.25) is 8.93 Å². The predicted octanol–water partition coefficient (Wildman–Crippen LogP) is 6.14. The molecule has 1 aliphatic rings. The molecule has 1 fully saturated rings. The molecule has 1 aliphatic carbocycles. The van der Waals surface area contributed by atoms with Crippen LogP contribution >= 0.6 is 11.9 Å². The fourth-order valence-electron chi connectivity index (χ4n) is 3.68. The van der Waals surface area contributed by atoms with Crippen molar-refractivity contribution >= 4 is 22.7 Å². The van der Waals surface area contributed by atoms with E-state index in [4.69, 9.17) is 0 Å². The Bertz CT molecular complexity index is 895. The van der Waals surface area contributed by atoms with Gasteiger partial charge in [0.05, 0.1) is 15.5 Å². The summed E-state index contributed by atoms with van der Waals surface area (Å²) in [6.45, 7) is -0.694. The Balaban J connectivity index is 1.92. The fourth-order valence-corrected chi connectivity index (χ4v) is 6.01. The zero-order valence-electron chi connectivity index (χ0n) is 15.6. The molecule has 1 unspecified atom stereocenters. The standard InChI is InChI=1S/C20H19F6NOS2/c21-12-13-1-4-16(5-2-13)30(28)19(17-11-14(22)3-6-18(17)23)9-7-15(8-10-19)27-29-20(24,25)26/h1-6,11,15,27H,7-10,12H2. The quantitative estimate of drug-likeness (QED) is 0.409. The van der Waals surface area contributed by atoms with Gasteiger partial charge in [0, 0.05) is 28.4 Å². The molecule has 2 aromatic rings. The maximum absolute atomic E-state index is 14.7. The van der Waals surface area contributed by atoms with Gasteiger partial charge in [-0.15, -0.1) is 0 Å². The molecule has 3 rings (SSSR count). The molecular formula is C20H19F6NOS2. The van der Waals surface area contributed by atoms with E-state index in [1.165, 1.54) is 24.3 Å². The predicted molar refractivity (Wildman–Crippen MR) is 105 cm³/mol. The summed E-state index contributed by atoms with van der Waals surface area (Å²) in [7, 11) is -1.83. The minimum absolute atomic E-state index is 0.0580. The van der Waals surface area contributed by atoms with Gasteiger partial charge in [0.2, 0.25) is 0 Å². The molecule has 2 nitrogen and oxygen atoms in total. The Morgan fingerprint density at radius 2 is 1.70 bits per heavy atom. The Morgan fingerprint density at radius 1 is 1.07 bits per heavy atom. The first kappa shape index (κ1) is 23.1. The summed E-state index contributed by atoms with van der Waals surface area (Å²) in [5, 5.41) is 0. The molecular weight excluding hydrogens is 448 g/mol. The van der Waals surface area contributed by atoms with Crippen LogP contribution in [0.3, 0.4) is 0 Å². The van der Waals surface area contributed by atoms with Crippen molar-refractivity contribution in [3.8, 4) is 0 Å². The van der Waals surface area contributed by atoms with E-state index in [1.54, 1.807) is 0 Å². The molecule has 1 N–H and O–H groups in total. The fraction of sp³-hybridized carbons (Fsp3) is 0.400. The maximum Gasteiger partial charge on any atom is 0.456 e. The van der Waals surface area contributed by atoms with Gasteiger partial charge in [0.25, 0.3) is 0 Å². The number of hydrogen-bond donors (Lipinski definition) is 1. The first-order valence-corrected chi connectivity index (χ1v) is 11.1. The Hall–Kier alpha value is -1.52. The van der Waals surface area contributed by atoms with Crippen LogP contribution in [0.25, 0.3) is 0 Å². The summed E-state index contributed by atoms with van der Waals surface area (Å²) >= 11 is -0.345. The lowest BCUT2D eigenvalue weighted by Crippen LogP contribution is -2.42. The minimum atomic E-state index is -4.44. The summed E-state index contributed by atoms with van der Waals surface area (Å²) < 4.78 is 93.4. The van der Waals surface area contributed by atoms with Crippen molar-refractivity contribution in [2.75, 3.05) is 0 Å². The van der Waals surface area contributed by atoms with Gasteiger partial charge in [-0.1, -0.05) is 12.1 Å². The first-order valence-electron chi connectivity index (χ1n) is 9.17. The van der Waals surface area contributed by atoms with Gasteiger partial charge in [0.15, 0.2) is 0 Å². The van der Waals surface area contributed by atoms with Crippen LogP contribution < -0.4 is 4.72 Å². The Kier molecular flexibility index (Phi) is 7.19. The zero-order chi connectivity index (χ0) is 21.9. The smallest absolute Gasteiger partial charge is 0.254 e. The number of alkyl halides is 4. The second-order valence-electron chi connectivity index (χ2n) is 7.10. The highest BCUT2D eigenvalue weighted by molar-refractivity contribution is 7.98. The first-order chi connectivity index (χ1) is 14.1. The third-order valence-electron chi connectivity index (χ3n) is 5.20. The number of halogens is 6. The molecule has 0 aliphatic heterocycles. The third kappa shape index (κ3) is 5.20. The van der Waals surface area contributed by atoms with Crippen LogP contribution in [0.4, 0.5) is 26.3 Å². The highest BCUT2D eigenvalue weighted by atomic mass is 32.2. The van der Waals surface area contributed by atoms with Crippen molar-refractivity contribution < 1.29 is 30.6 Å². The van der Waals surface area contributed by atoms with Gasteiger partial charge < -0.3 is 0 Å². The molecule has 0 bridgehead atoms. The highest BCUT2D eigenvalue weighted by Gasteiger charge is 2.45. The van der Waals surface area contributed by atoms with Crippen LogP contribution in [0, 0.1) is 11.6 Å². The average Bonchev–Trinajstić information content (AvgIpc) is 2.73. The number of rotatable bonds is 6. The maximum atomic E-state index is 14.7. The van der Waals surface area contributed by atoms with E-state index >= 15 is 0 Å². The van der Waals surface area contributed by atoms with Crippen LogP contribution in [0.1, 0.15) is 36.8 Å². The van der Waals surface area contributed by atoms with E-state index in [-0.39, 0.29) is 43.2 Å². The van der Waals surface area contributed by atoms with Crippen molar-refractivity contribution in [3.63, 3.8) is 0 Å². The van der Waals surface area contributed by atoms with Gasteiger partial charge >= 0.3 is 5.51 Å². The molecule has 30 heavy (non-hydrogen) atoms. The van der Waals surface area contributed by atoms with E-state index in [1.807, 2.05) is 0 Å². The van der Waals surface area contributed by atoms with E-state index in [0.29, 0.717) is 10.5 Å². The van der Waals surface area contributed by atoms with Crippen LogP contribution in [0.5, 0.6) is 0 Å². The second kappa shape index (κ2) is 9.32. The zero-order valence-corrected chi connectivity index (χ0v) is 17.3. The summed E-state index contributed by atoms with van der Waals surface area (Å²) in [6, 6.07) is 8.31. The monoisotopic (exact) mass is 467 g/mol. The summed E-state index contributed by atoms with van der Waals surface area (Å²) in [6.07, 6.45) is 0.600. The van der Waals surface area contributed by atoms with Gasteiger partial charge in [-0.05, 0) is 61.6 Å². The molecule has 1 saturated carbocycles. The number of hydrogen-bond acceptors (Lipinski definition) is 3. The SMILES string of the molecule is O=S(c1ccc(CF)cc1)C1(c2cc(F)ccc2F)CCC(NSC(F)(F)F)CC1. The number of nitrogens with one attached hydrogen (secondary N) is 1. The average molecular weight is 468 g/mol. The highest BCUT2D eigenvalue weighted by Crippen LogP contribution is 2.46. The van der Waals surface area contributed by atoms with Crippen molar-refractivity contribution in [3.05, 3.63) is 65.2 Å². The molecule has 0 amide bonds. The molecule has 1 atom stereocenters. The number of benzene rings is 2. The summed E-state index contributed by atoms with van der Waals surface area (Å²) in [5.74, 6) is -1.41. The normalized spacial score (nSPS) is 23.3. The Morgan fingerprint density at radius 3 is 2.27 bits per heavy atom. The van der Waals surface area contributed by atoms with Crippen molar-refractivity contribution in [1.82, 2.24) is 4.72 Å². The van der Waals surface area contributed by atoms with Crippen molar-refractivity contribution in [2.24, 2.45) is 0 Å². The lowest BCUT2D eigenvalue weighted by Gasteiger charge is -2.40. The van der Waals surface area contributed by atoms with Crippen LogP contribution in [-0.2, 0) is 22.2 Å². The van der Waals surface area contributed by atoms with E-state index in [0.717, 1.165) is 18.2 Å². The lowest BCUT2D eigenvalue weighted by molar-refractivity contribution is -0.0339. The Labute approximate surface area is 177 Å². The van der Waals surface area contributed by atoms with Crippen LogP contribution in [0.15, 0.2) is 47.4 Å². The molecule has 164 valence electrons. The van der Waals surface area contributed by atoms with E-state index in [2.05, 4.69) is 4.72 Å². The van der Waals surface area contributed by atoms with Crippen LogP contribution in [0.2, 0.25) is 0 Å². The van der Waals surface area contributed by atoms with E-state index < -0.39 is 45.4 Å². The largest absolute Gasteiger partial charge is 0.456 e. The molecule has 0 aromatic heterocycles. The molecule has 0 heterocycles. The van der Waals surface area contributed by atoms with E-state index in [9.17, 15) is 30.6 Å². The van der Waals surface area contributed by atoms with Crippen LogP contribution in [-0.4, -0.2) is 15.8 Å². The van der Waals surface area contributed by atoms with Gasteiger partial charge in [0.1, 0.15) is 18.3 Å². The summed E-state index contributed by atoms with van der Waals surface area (Å²) in [5.41, 5.74) is -4.11. The molecule has 0 saturated heterocycles. The molecule has 0 radical (unpaired) electrons. The molecule has 2 aromatic carbocycles. The van der Waals surface area contributed by atoms with Crippen molar-refractivity contribution in [2.45, 2.75) is 53.6 Å². The summed E-state index contributed by atoms with van der Waals surface area (Å²) in [4.78, 5) is 0.326. The second-order valence-corrected chi connectivity index (χ2v) is 9.80. The van der Waals surface area contributed by atoms with Gasteiger partial charge in [-0.2, -0.15) is 13.2 Å². The lowest BCUT2D eigenvalue weighted by atomic mass is 9.80. The van der Waals surface area contributed by atoms with Gasteiger partial charge in [-0.25, -0.2) is 13.2 Å². The minimum Gasteiger partial charge on any atom is -0.254 e. The molecule has 10 heteroatoms.